The van der Waals surface area contributed by atoms with E-state index in [0.717, 1.165) is 38.6 Å². The minimum atomic E-state index is -4.56. The van der Waals surface area contributed by atoms with E-state index in [2.05, 4.69) is 38.6 Å². The summed E-state index contributed by atoms with van der Waals surface area (Å²) in [5, 5.41) is 10.2. The second-order valence-electron chi connectivity index (χ2n) is 9.62. The topological polar surface area (TPSA) is 85.2 Å². The van der Waals surface area contributed by atoms with Gasteiger partial charge in [-0.25, -0.2) is 9.48 Å². The molecule has 1 aromatic carbocycles. The number of nitrogens with zero attached hydrogens (tertiary/aromatic N) is 2. The molecule has 0 unspecified atom stereocenters. The number of ether oxygens (including phenoxy) is 1. The number of amides is 1. The molecule has 202 valence electrons. The predicted molar refractivity (Wildman–Crippen MR) is 142 cm³/mol. The molecule has 0 saturated heterocycles. The fourth-order valence-corrected chi connectivity index (χ4v) is 6.73. The molecule has 1 aliphatic heterocycles. The van der Waals surface area contributed by atoms with Crippen molar-refractivity contribution in [2.45, 2.75) is 57.8 Å². The van der Waals surface area contributed by atoms with Crippen LogP contribution in [0.3, 0.4) is 0 Å². The lowest BCUT2D eigenvalue weighted by Gasteiger charge is -2.34. The van der Waals surface area contributed by atoms with Gasteiger partial charge < -0.3 is 15.4 Å². The Morgan fingerprint density at radius 2 is 2.03 bits per heavy atom. The van der Waals surface area contributed by atoms with Crippen LogP contribution in [0.1, 0.15) is 75.5 Å². The van der Waals surface area contributed by atoms with Gasteiger partial charge in [-0.15, -0.1) is 11.3 Å². The highest BCUT2D eigenvalue weighted by Crippen LogP contribution is 2.45. The molecule has 2 N–H and O–H groups in total. The number of aromatic nitrogens is 2. The monoisotopic (exact) mass is 610 g/mol. The Morgan fingerprint density at radius 1 is 1.29 bits per heavy atom. The summed E-state index contributed by atoms with van der Waals surface area (Å²) < 4.78 is 49.1. The smallest absolute Gasteiger partial charge is 0.410 e. The number of anilines is 2. The molecule has 2 aliphatic rings. The molecular formula is C26H26BrF3N4O3S. The Labute approximate surface area is 229 Å². The number of esters is 1. The van der Waals surface area contributed by atoms with E-state index in [9.17, 15) is 22.8 Å². The molecule has 3 aromatic rings. The molecule has 38 heavy (non-hydrogen) atoms. The van der Waals surface area contributed by atoms with Gasteiger partial charge in [-0.3, -0.25) is 4.79 Å². The normalized spacial score (nSPS) is 20.7. The Morgan fingerprint density at radius 3 is 2.71 bits per heavy atom. The number of fused-ring (bicyclic) bond motifs is 2. The van der Waals surface area contributed by atoms with Gasteiger partial charge in [0.25, 0.3) is 5.91 Å². The zero-order valence-corrected chi connectivity index (χ0v) is 23.1. The zero-order chi connectivity index (χ0) is 27.2. The SMILES string of the molecule is CCOC(=O)c1c(NC(=O)c2cnn3c2N[C@H](c2ccc(Br)cc2)C[C@H]3C(F)(F)F)sc2c1CC[C@H](C)C2. The number of alkyl halides is 3. The third-order valence-corrected chi connectivity index (χ3v) is 8.67. The molecule has 0 bridgehead atoms. The van der Waals surface area contributed by atoms with Crippen LogP contribution in [-0.4, -0.2) is 34.4 Å². The lowest BCUT2D eigenvalue weighted by atomic mass is 9.88. The van der Waals surface area contributed by atoms with Crippen molar-refractivity contribution in [1.82, 2.24) is 9.78 Å². The Bertz CT molecular complexity index is 1370. The summed E-state index contributed by atoms with van der Waals surface area (Å²) in [6, 6.07) is 4.41. The largest absolute Gasteiger partial charge is 0.462 e. The van der Waals surface area contributed by atoms with E-state index >= 15 is 0 Å². The van der Waals surface area contributed by atoms with Gasteiger partial charge in [0.05, 0.1) is 24.4 Å². The lowest BCUT2D eigenvalue weighted by molar-refractivity contribution is -0.173. The van der Waals surface area contributed by atoms with E-state index in [-0.39, 0.29) is 24.4 Å². The molecule has 7 nitrogen and oxygen atoms in total. The number of benzene rings is 1. The lowest BCUT2D eigenvalue weighted by Crippen LogP contribution is -2.36. The first-order valence-electron chi connectivity index (χ1n) is 12.4. The maximum absolute atomic E-state index is 14.1. The highest BCUT2D eigenvalue weighted by Gasteiger charge is 2.47. The van der Waals surface area contributed by atoms with E-state index in [0.29, 0.717) is 28.5 Å². The molecular weight excluding hydrogens is 585 g/mol. The zero-order valence-electron chi connectivity index (χ0n) is 20.7. The second kappa shape index (κ2) is 10.4. The molecule has 0 radical (unpaired) electrons. The summed E-state index contributed by atoms with van der Waals surface area (Å²) in [5.74, 6) is -0.733. The highest BCUT2D eigenvalue weighted by atomic mass is 79.9. The van der Waals surface area contributed by atoms with Gasteiger partial charge >= 0.3 is 12.1 Å². The summed E-state index contributed by atoms with van der Waals surface area (Å²) in [7, 11) is 0. The third-order valence-electron chi connectivity index (χ3n) is 6.97. The van der Waals surface area contributed by atoms with Gasteiger partial charge in [-0.2, -0.15) is 18.3 Å². The number of halogens is 4. The average Bonchev–Trinajstić information content (AvgIpc) is 3.44. The van der Waals surface area contributed by atoms with E-state index in [1.807, 2.05) is 0 Å². The van der Waals surface area contributed by atoms with Gasteiger partial charge in [0.2, 0.25) is 0 Å². The molecule has 12 heteroatoms. The molecule has 0 saturated carbocycles. The number of rotatable bonds is 5. The maximum atomic E-state index is 14.1. The van der Waals surface area contributed by atoms with Crippen molar-refractivity contribution >= 4 is 50.0 Å². The van der Waals surface area contributed by atoms with Crippen molar-refractivity contribution < 1.29 is 27.5 Å². The molecule has 5 rings (SSSR count). The molecule has 2 aromatic heterocycles. The number of hydrogen-bond acceptors (Lipinski definition) is 6. The van der Waals surface area contributed by atoms with Gasteiger partial charge in [0, 0.05) is 15.8 Å². The van der Waals surface area contributed by atoms with Gasteiger partial charge in [-0.05, 0) is 55.4 Å². The van der Waals surface area contributed by atoms with E-state index in [1.165, 1.54) is 11.3 Å². The summed E-state index contributed by atoms with van der Waals surface area (Å²) >= 11 is 4.67. The Kier molecular flexibility index (Phi) is 7.29. The fourth-order valence-electron chi connectivity index (χ4n) is 5.07. The van der Waals surface area contributed by atoms with Crippen molar-refractivity contribution in [3.63, 3.8) is 0 Å². The third kappa shape index (κ3) is 5.07. The standard InChI is InChI=1S/C26H26BrF3N4O3S/c1-3-37-25(36)21-16-9-4-13(2)10-19(16)38-24(21)33-23(35)17-12-31-34-20(26(28,29)30)11-18(32-22(17)34)14-5-7-15(27)8-6-14/h5-8,12-13,18,20,32H,3-4,9-11H2,1-2H3,(H,33,35)/t13-,18-,20-/m0/s1. The van der Waals surface area contributed by atoms with Crippen LogP contribution < -0.4 is 10.6 Å². The van der Waals surface area contributed by atoms with Crippen LogP contribution in [0.15, 0.2) is 34.9 Å². The van der Waals surface area contributed by atoms with Crippen LogP contribution in [0.2, 0.25) is 0 Å². The molecule has 1 aliphatic carbocycles. The van der Waals surface area contributed by atoms with Crippen LogP contribution in [0, 0.1) is 5.92 Å². The summed E-state index contributed by atoms with van der Waals surface area (Å²) in [6.07, 6.45) is -1.30. The van der Waals surface area contributed by atoms with Gasteiger partial charge in [-0.1, -0.05) is 35.0 Å². The van der Waals surface area contributed by atoms with E-state index < -0.39 is 30.1 Å². The minimum Gasteiger partial charge on any atom is -0.462 e. The number of nitrogens with one attached hydrogen (secondary N) is 2. The number of carbonyl (C=O) groups is 2. The van der Waals surface area contributed by atoms with E-state index in [4.69, 9.17) is 4.74 Å². The van der Waals surface area contributed by atoms with Crippen LogP contribution in [0.25, 0.3) is 0 Å². The second-order valence-corrected chi connectivity index (χ2v) is 11.6. The summed E-state index contributed by atoms with van der Waals surface area (Å²) in [6.45, 7) is 4.03. The number of hydrogen-bond donors (Lipinski definition) is 2. The van der Waals surface area contributed by atoms with E-state index in [1.54, 1.807) is 31.2 Å². The first-order chi connectivity index (χ1) is 18.1. The maximum Gasteiger partial charge on any atom is 0.410 e. The molecule has 3 heterocycles. The fraction of sp³-hybridized carbons (Fsp3) is 0.423. The molecule has 0 fully saturated rings. The first kappa shape index (κ1) is 26.7. The Hall–Kier alpha value is -2.86. The first-order valence-corrected chi connectivity index (χ1v) is 14.0. The van der Waals surface area contributed by atoms with Gasteiger partial charge in [0.15, 0.2) is 6.04 Å². The quantitative estimate of drug-likeness (QED) is 0.306. The van der Waals surface area contributed by atoms with Crippen molar-refractivity contribution in [1.29, 1.82) is 0 Å². The average molecular weight is 611 g/mol. The molecule has 3 atom stereocenters. The molecule has 0 spiro atoms. The van der Waals surface area contributed by atoms with Crippen LogP contribution in [0.5, 0.6) is 0 Å². The molecule has 1 amide bonds. The van der Waals surface area contributed by atoms with Crippen molar-refractivity contribution in [2.75, 3.05) is 17.2 Å². The number of thiophene rings is 1. The summed E-state index contributed by atoms with van der Waals surface area (Å²) in [5.41, 5.74) is 1.84. The highest BCUT2D eigenvalue weighted by molar-refractivity contribution is 9.10. The minimum absolute atomic E-state index is 0.0170. The van der Waals surface area contributed by atoms with Gasteiger partial charge in [0.1, 0.15) is 16.4 Å². The Balaban J connectivity index is 1.49. The summed E-state index contributed by atoms with van der Waals surface area (Å²) in [4.78, 5) is 27.3. The van der Waals surface area contributed by atoms with Crippen molar-refractivity contribution in [3.8, 4) is 0 Å². The van der Waals surface area contributed by atoms with Crippen LogP contribution in [0.4, 0.5) is 24.0 Å². The van der Waals surface area contributed by atoms with Crippen molar-refractivity contribution in [2.24, 2.45) is 5.92 Å². The van der Waals surface area contributed by atoms with Crippen LogP contribution >= 0.6 is 27.3 Å². The van der Waals surface area contributed by atoms with Crippen LogP contribution in [-0.2, 0) is 17.6 Å². The predicted octanol–water partition coefficient (Wildman–Crippen LogP) is 6.92. The van der Waals surface area contributed by atoms with Crippen molar-refractivity contribution in [3.05, 3.63) is 62.1 Å². The number of carbonyl (C=O) groups excluding carboxylic acids is 2.